The summed E-state index contributed by atoms with van der Waals surface area (Å²) in [6, 6.07) is 7.63. The molecule has 4 heteroatoms. The molecule has 2 heterocycles. The molecule has 1 amide bonds. The number of nitrogens with one attached hydrogen (secondary N) is 1. The largest absolute Gasteiger partial charge is 0.325 e. The van der Waals surface area contributed by atoms with E-state index >= 15 is 0 Å². The Morgan fingerprint density at radius 3 is 2.78 bits per heavy atom. The van der Waals surface area contributed by atoms with Gasteiger partial charge >= 0.3 is 0 Å². The minimum absolute atomic E-state index is 0.0979. The molecule has 2 aliphatic heterocycles. The van der Waals surface area contributed by atoms with Crippen LogP contribution >= 0.6 is 0 Å². The molecule has 0 bridgehead atoms. The number of piperidine rings is 1. The van der Waals surface area contributed by atoms with E-state index in [9.17, 15) is 4.79 Å². The van der Waals surface area contributed by atoms with E-state index in [1.807, 2.05) is 12.1 Å². The summed E-state index contributed by atoms with van der Waals surface area (Å²) in [5.74, 6) is 0.0979. The summed E-state index contributed by atoms with van der Waals surface area (Å²) in [6.07, 6.45) is 1.66. The molecule has 1 aromatic carbocycles. The van der Waals surface area contributed by atoms with E-state index in [0.29, 0.717) is 5.56 Å². The first-order chi connectivity index (χ1) is 8.65. The van der Waals surface area contributed by atoms with Crippen LogP contribution in [0, 0.1) is 11.3 Å². The highest BCUT2D eigenvalue weighted by atomic mass is 16.2. The summed E-state index contributed by atoms with van der Waals surface area (Å²) in [6.45, 7) is 1.84. The van der Waals surface area contributed by atoms with Gasteiger partial charge in [-0.2, -0.15) is 5.26 Å². The van der Waals surface area contributed by atoms with E-state index in [1.54, 1.807) is 6.07 Å². The van der Waals surface area contributed by atoms with E-state index < -0.39 is 5.41 Å². The molecular formula is C14H15N3O. The molecular weight excluding hydrogens is 226 g/mol. The van der Waals surface area contributed by atoms with Crippen molar-refractivity contribution in [2.24, 2.45) is 0 Å². The van der Waals surface area contributed by atoms with Gasteiger partial charge in [0.15, 0.2) is 0 Å². The Hall–Kier alpha value is -1.86. The average Bonchev–Trinajstić information content (AvgIpc) is 2.65. The van der Waals surface area contributed by atoms with E-state index in [-0.39, 0.29) is 5.91 Å². The fourth-order valence-corrected chi connectivity index (χ4v) is 2.98. The number of anilines is 1. The van der Waals surface area contributed by atoms with Gasteiger partial charge in [-0.05, 0) is 56.7 Å². The maximum absolute atomic E-state index is 12.3. The van der Waals surface area contributed by atoms with Crippen LogP contribution in [0.5, 0.6) is 0 Å². The lowest BCUT2D eigenvalue weighted by atomic mass is 9.73. The zero-order valence-electron chi connectivity index (χ0n) is 10.4. The van der Waals surface area contributed by atoms with Crippen LogP contribution in [-0.4, -0.2) is 30.9 Å². The number of hydrogen-bond donors (Lipinski definition) is 1. The van der Waals surface area contributed by atoms with Gasteiger partial charge in [0.25, 0.3) is 0 Å². The van der Waals surface area contributed by atoms with E-state index in [1.165, 1.54) is 0 Å². The number of nitriles is 1. The van der Waals surface area contributed by atoms with E-state index in [4.69, 9.17) is 5.26 Å². The van der Waals surface area contributed by atoms with Crippen LogP contribution in [0.3, 0.4) is 0 Å². The Kier molecular flexibility index (Phi) is 2.39. The predicted molar refractivity (Wildman–Crippen MR) is 68.2 cm³/mol. The lowest BCUT2D eigenvalue weighted by molar-refractivity contribution is -0.122. The van der Waals surface area contributed by atoms with Gasteiger partial charge in [-0.1, -0.05) is 0 Å². The standard InChI is InChI=1S/C14H15N3O/c1-17-6-4-14(5-7-17)11-8-10(9-15)2-3-12(11)16-13(14)18/h2-3,8H,4-7H2,1H3,(H,16,18). The van der Waals surface area contributed by atoms with Crippen molar-refractivity contribution in [3.63, 3.8) is 0 Å². The van der Waals surface area contributed by atoms with Crippen molar-refractivity contribution in [1.29, 1.82) is 5.26 Å². The first kappa shape index (κ1) is 11.2. The molecule has 0 atom stereocenters. The lowest BCUT2D eigenvalue weighted by Crippen LogP contribution is -2.45. The topological polar surface area (TPSA) is 56.1 Å². The molecule has 1 aromatic rings. The number of hydrogen-bond acceptors (Lipinski definition) is 3. The molecule has 1 spiro atoms. The van der Waals surface area contributed by atoms with Crippen molar-refractivity contribution in [2.45, 2.75) is 18.3 Å². The van der Waals surface area contributed by atoms with Crippen molar-refractivity contribution in [2.75, 3.05) is 25.5 Å². The number of benzene rings is 1. The third-order valence-electron chi connectivity index (χ3n) is 4.19. The van der Waals surface area contributed by atoms with Gasteiger partial charge in [0.2, 0.25) is 5.91 Å². The molecule has 0 aliphatic carbocycles. The van der Waals surface area contributed by atoms with Crippen LogP contribution in [0.1, 0.15) is 24.0 Å². The quantitative estimate of drug-likeness (QED) is 0.748. The Labute approximate surface area is 106 Å². The van der Waals surface area contributed by atoms with Crippen LogP contribution in [0.2, 0.25) is 0 Å². The summed E-state index contributed by atoms with van der Waals surface area (Å²) in [4.78, 5) is 14.5. The lowest BCUT2D eigenvalue weighted by Gasteiger charge is -2.36. The maximum Gasteiger partial charge on any atom is 0.235 e. The molecule has 0 aromatic heterocycles. The number of nitrogens with zero attached hydrogens (tertiary/aromatic N) is 2. The first-order valence-corrected chi connectivity index (χ1v) is 6.20. The fourth-order valence-electron chi connectivity index (χ4n) is 2.98. The monoisotopic (exact) mass is 241 g/mol. The second-order valence-corrected chi connectivity index (χ2v) is 5.21. The molecule has 92 valence electrons. The number of likely N-dealkylation sites (tertiary alicyclic amines) is 1. The predicted octanol–water partition coefficient (Wildman–Crippen LogP) is 1.47. The number of rotatable bonds is 0. The third kappa shape index (κ3) is 1.44. The van der Waals surface area contributed by atoms with Gasteiger partial charge in [0, 0.05) is 5.69 Å². The summed E-state index contributed by atoms with van der Waals surface area (Å²) >= 11 is 0. The third-order valence-corrected chi connectivity index (χ3v) is 4.19. The maximum atomic E-state index is 12.3. The summed E-state index contributed by atoms with van der Waals surface area (Å²) in [5.41, 5.74) is 2.11. The van der Waals surface area contributed by atoms with Crippen molar-refractivity contribution in [3.8, 4) is 6.07 Å². The van der Waals surface area contributed by atoms with Crippen LogP contribution in [0.25, 0.3) is 0 Å². The van der Waals surface area contributed by atoms with Crippen molar-refractivity contribution >= 4 is 11.6 Å². The molecule has 1 saturated heterocycles. The van der Waals surface area contributed by atoms with Crippen molar-refractivity contribution in [3.05, 3.63) is 29.3 Å². The van der Waals surface area contributed by atoms with Crippen LogP contribution in [0.15, 0.2) is 18.2 Å². The van der Waals surface area contributed by atoms with E-state index in [0.717, 1.165) is 37.2 Å². The molecule has 0 radical (unpaired) electrons. The molecule has 1 N–H and O–H groups in total. The van der Waals surface area contributed by atoms with Crippen molar-refractivity contribution < 1.29 is 4.79 Å². The van der Waals surface area contributed by atoms with E-state index in [2.05, 4.69) is 23.3 Å². The van der Waals surface area contributed by atoms with Gasteiger partial charge in [-0.3, -0.25) is 4.79 Å². The number of amides is 1. The molecule has 18 heavy (non-hydrogen) atoms. The molecule has 3 rings (SSSR count). The number of fused-ring (bicyclic) bond motifs is 2. The highest BCUT2D eigenvalue weighted by molar-refractivity contribution is 6.06. The zero-order valence-corrected chi connectivity index (χ0v) is 10.4. The average molecular weight is 241 g/mol. The molecule has 0 saturated carbocycles. The summed E-state index contributed by atoms with van der Waals surface area (Å²) in [5, 5.41) is 12.0. The molecule has 1 fully saturated rings. The molecule has 4 nitrogen and oxygen atoms in total. The normalized spacial score (nSPS) is 21.4. The van der Waals surface area contributed by atoms with Crippen molar-refractivity contribution in [1.82, 2.24) is 4.90 Å². The van der Waals surface area contributed by atoms with Gasteiger partial charge in [0.05, 0.1) is 17.0 Å². The molecule has 0 unspecified atom stereocenters. The second kappa shape index (κ2) is 3.82. The Balaban J connectivity index is 2.08. The van der Waals surface area contributed by atoms with Crippen LogP contribution < -0.4 is 5.32 Å². The smallest absolute Gasteiger partial charge is 0.235 e. The van der Waals surface area contributed by atoms with Gasteiger partial charge in [-0.15, -0.1) is 0 Å². The minimum atomic E-state index is -0.408. The highest BCUT2D eigenvalue weighted by Gasteiger charge is 2.47. The van der Waals surface area contributed by atoms with Crippen LogP contribution in [-0.2, 0) is 10.2 Å². The zero-order chi connectivity index (χ0) is 12.8. The summed E-state index contributed by atoms with van der Waals surface area (Å²) < 4.78 is 0. The highest BCUT2D eigenvalue weighted by Crippen LogP contribution is 2.44. The second-order valence-electron chi connectivity index (χ2n) is 5.21. The molecule has 2 aliphatic rings. The van der Waals surface area contributed by atoms with Crippen LogP contribution in [0.4, 0.5) is 5.69 Å². The van der Waals surface area contributed by atoms with Gasteiger partial charge in [0.1, 0.15) is 0 Å². The minimum Gasteiger partial charge on any atom is -0.325 e. The number of carbonyl (C=O) groups is 1. The summed E-state index contributed by atoms with van der Waals surface area (Å²) in [7, 11) is 2.08. The Morgan fingerprint density at radius 1 is 1.39 bits per heavy atom. The fraction of sp³-hybridized carbons (Fsp3) is 0.429. The SMILES string of the molecule is CN1CCC2(CC1)C(=O)Nc1ccc(C#N)cc12. The van der Waals surface area contributed by atoms with Gasteiger partial charge < -0.3 is 10.2 Å². The van der Waals surface area contributed by atoms with Gasteiger partial charge in [-0.25, -0.2) is 0 Å². The Bertz CT molecular complexity index is 551. The Morgan fingerprint density at radius 2 is 2.11 bits per heavy atom. The first-order valence-electron chi connectivity index (χ1n) is 6.20. The number of carbonyl (C=O) groups excluding carboxylic acids is 1.